The van der Waals surface area contributed by atoms with Crippen molar-refractivity contribution >= 4 is 29.7 Å². The van der Waals surface area contributed by atoms with Gasteiger partial charge in [-0.3, -0.25) is 4.79 Å². The molecule has 2 aromatic rings. The Morgan fingerprint density at radius 3 is 3.05 bits per heavy atom. The van der Waals surface area contributed by atoms with Crippen molar-refractivity contribution in [3.63, 3.8) is 0 Å². The molecule has 0 bridgehead atoms. The zero-order valence-electron chi connectivity index (χ0n) is 9.94. The minimum absolute atomic E-state index is 0. The van der Waals surface area contributed by atoms with Gasteiger partial charge in [-0.1, -0.05) is 0 Å². The predicted molar refractivity (Wildman–Crippen MR) is 73.0 cm³/mol. The number of hydrogen-bond acceptors (Lipinski definition) is 6. The van der Waals surface area contributed by atoms with Crippen LogP contribution >= 0.6 is 23.7 Å². The molecule has 102 valence electrons. The zero-order chi connectivity index (χ0) is 12.4. The van der Waals surface area contributed by atoms with Crippen LogP contribution in [-0.4, -0.2) is 45.7 Å². The summed E-state index contributed by atoms with van der Waals surface area (Å²) in [7, 11) is 0. The van der Waals surface area contributed by atoms with Gasteiger partial charge in [-0.25, -0.2) is 0 Å². The number of aromatic nitrogens is 4. The van der Waals surface area contributed by atoms with Gasteiger partial charge in [0.25, 0.3) is 5.91 Å². The molecule has 1 saturated heterocycles. The maximum Gasteiger partial charge on any atom is 0.263 e. The maximum atomic E-state index is 12.1. The third-order valence-corrected chi connectivity index (χ3v) is 3.77. The molecule has 3 heterocycles. The Morgan fingerprint density at radius 1 is 1.58 bits per heavy atom. The summed E-state index contributed by atoms with van der Waals surface area (Å²) in [6.45, 7) is 2.66. The minimum Gasteiger partial charge on any atom is -0.351 e. The van der Waals surface area contributed by atoms with E-state index in [1.54, 1.807) is 0 Å². The van der Waals surface area contributed by atoms with Crippen LogP contribution in [0.3, 0.4) is 0 Å². The molecule has 7 nitrogen and oxygen atoms in total. The fourth-order valence-corrected chi connectivity index (χ4v) is 2.53. The van der Waals surface area contributed by atoms with Gasteiger partial charge < -0.3 is 10.6 Å². The molecule has 2 N–H and O–H groups in total. The highest BCUT2D eigenvalue weighted by atomic mass is 35.5. The van der Waals surface area contributed by atoms with E-state index in [0.717, 1.165) is 13.1 Å². The van der Waals surface area contributed by atoms with Crippen LogP contribution in [0.25, 0.3) is 5.69 Å². The Hall–Kier alpha value is -1.51. The molecule has 0 aromatic carbocycles. The molecule has 0 saturated carbocycles. The summed E-state index contributed by atoms with van der Waals surface area (Å²) < 4.78 is 1.50. The van der Waals surface area contributed by atoms with Gasteiger partial charge in [0.05, 0.1) is 5.69 Å². The first kappa shape index (κ1) is 13.9. The fourth-order valence-electron chi connectivity index (χ4n) is 1.73. The van der Waals surface area contributed by atoms with Crippen LogP contribution in [0.4, 0.5) is 0 Å². The first-order chi connectivity index (χ1) is 8.84. The molecule has 3 rings (SSSR count). The van der Waals surface area contributed by atoms with Crippen molar-refractivity contribution in [2.24, 2.45) is 5.92 Å². The molecule has 0 atom stereocenters. The quantitative estimate of drug-likeness (QED) is 0.836. The van der Waals surface area contributed by atoms with E-state index >= 15 is 0 Å². The van der Waals surface area contributed by atoms with Crippen LogP contribution in [0.1, 0.15) is 9.67 Å². The number of carbonyl (C=O) groups is 1. The second-order valence-corrected chi connectivity index (χ2v) is 5.04. The molecule has 0 spiro atoms. The Labute approximate surface area is 119 Å². The highest BCUT2D eigenvalue weighted by Gasteiger charge is 2.20. The number of nitrogens with zero attached hydrogens (tertiary/aromatic N) is 4. The number of hydrogen-bond donors (Lipinski definition) is 2. The average molecular weight is 301 g/mol. The summed E-state index contributed by atoms with van der Waals surface area (Å²) in [5.41, 5.74) is 0.717. The summed E-state index contributed by atoms with van der Waals surface area (Å²) in [4.78, 5) is 12.7. The van der Waals surface area contributed by atoms with Crippen molar-refractivity contribution in [3.05, 3.63) is 22.7 Å². The molecule has 19 heavy (non-hydrogen) atoms. The van der Waals surface area contributed by atoms with Gasteiger partial charge in [-0.2, -0.15) is 4.68 Å². The molecule has 1 fully saturated rings. The van der Waals surface area contributed by atoms with E-state index in [-0.39, 0.29) is 18.3 Å². The first-order valence-electron chi connectivity index (χ1n) is 5.64. The lowest BCUT2D eigenvalue weighted by Gasteiger charge is -2.26. The number of rotatable bonds is 4. The topological polar surface area (TPSA) is 84.7 Å². The second-order valence-electron chi connectivity index (χ2n) is 4.12. The standard InChI is InChI=1S/C10H12N6OS.ClH/c17-10(12-5-7-3-11-4-7)9-8(1-2-18-9)16-6-13-14-15-16;/h1-2,6-7,11H,3-5H2,(H,12,17);1H. The van der Waals surface area contributed by atoms with E-state index < -0.39 is 0 Å². The second kappa shape index (κ2) is 6.09. The minimum atomic E-state index is -0.0672. The van der Waals surface area contributed by atoms with E-state index in [1.807, 2.05) is 11.4 Å². The summed E-state index contributed by atoms with van der Waals surface area (Å²) >= 11 is 1.39. The van der Waals surface area contributed by atoms with E-state index in [9.17, 15) is 4.79 Å². The monoisotopic (exact) mass is 300 g/mol. The average Bonchev–Trinajstić information content (AvgIpc) is 2.97. The molecule has 0 unspecified atom stereocenters. The zero-order valence-corrected chi connectivity index (χ0v) is 11.6. The Balaban J connectivity index is 0.00000133. The van der Waals surface area contributed by atoms with Gasteiger partial charge in [0, 0.05) is 25.6 Å². The maximum absolute atomic E-state index is 12.1. The SMILES string of the molecule is Cl.O=C(NCC1CNC1)c1sccc1-n1cnnn1. The Morgan fingerprint density at radius 2 is 2.42 bits per heavy atom. The summed E-state index contributed by atoms with van der Waals surface area (Å²) in [5, 5.41) is 18.9. The highest BCUT2D eigenvalue weighted by Crippen LogP contribution is 2.19. The van der Waals surface area contributed by atoms with Crippen molar-refractivity contribution < 1.29 is 4.79 Å². The number of halogens is 1. The van der Waals surface area contributed by atoms with E-state index in [2.05, 4.69) is 26.2 Å². The summed E-state index contributed by atoms with van der Waals surface area (Å²) in [6, 6.07) is 1.83. The van der Waals surface area contributed by atoms with Crippen molar-refractivity contribution in [2.75, 3.05) is 19.6 Å². The van der Waals surface area contributed by atoms with Crippen LogP contribution < -0.4 is 10.6 Å². The van der Waals surface area contributed by atoms with Gasteiger partial charge >= 0.3 is 0 Å². The summed E-state index contributed by atoms with van der Waals surface area (Å²) in [5.74, 6) is 0.479. The third kappa shape index (κ3) is 2.91. The van der Waals surface area contributed by atoms with Gasteiger partial charge in [0.1, 0.15) is 11.2 Å². The van der Waals surface area contributed by atoms with Crippen molar-refractivity contribution in [2.45, 2.75) is 0 Å². The highest BCUT2D eigenvalue weighted by molar-refractivity contribution is 7.12. The molecule has 1 amide bonds. The van der Waals surface area contributed by atoms with Crippen LogP contribution in [0, 0.1) is 5.92 Å². The van der Waals surface area contributed by atoms with Gasteiger partial charge in [-0.05, 0) is 21.9 Å². The third-order valence-electron chi connectivity index (χ3n) is 2.86. The molecule has 0 aliphatic carbocycles. The van der Waals surface area contributed by atoms with Crippen molar-refractivity contribution in [1.82, 2.24) is 30.8 Å². The van der Waals surface area contributed by atoms with Crippen molar-refractivity contribution in [1.29, 1.82) is 0 Å². The lowest BCUT2D eigenvalue weighted by molar-refractivity contribution is 0.0946. The Bertz CT molecular complexity index is 538. The van der Waals surface area contributed by atoms with Crippen molar-refractivity contribution in [3.8, 4) is 5.69 Å². The number of carbonyl (C=O) groups excluding carboxylic acids is 1. The van der Waals surface area contributed by atoms with Gasteiger partial charge in [-0.15, -0.1) is 28.8 Å². The molecule has 9 heteroatoms. The van der Waals surface area contributed by atoms with E-state index in [4.69, 9.17) is 0 Å². The van der Waals surface area contributed by atoms with Crippen LogP contribution in [0.2, 0.25) is 0 Å². The molecule has 1 aliphatic heterocycles. The molecule has 2 aromatic heterocycles. The summed E-state index contributed by atoms with van der Waals surface area (Å²) in [6.07, 6.45) is 1.48. The Kier molecular flexibility index (Phi) is 4.46. The largest absolute Gasteiger partial charge is 0.351 e. The van der Waals surface area contributed by atoms with Crippen LogP contribution in [-0.2, 0) is 0 Å². The molecular weight excluding hydrogens is 288 g/mol. The van der Waals surface area contributed by atoms with E-state index in [0.29, 0.717) is 23.0 Å². The smallest absolute Gasteiger partial charge is 0.263 e. The number of nitrogens with one attached hydrogen (secondary N) is 2. The molecule has 1 aliphatic rings. The van der Waals surface area contributed by atoms with Crippen LogP contribution in [0.5, 0.6) is 0 Å². The first-order valence-corrected chi connectivity index (χ1v) is 6.52. The number of thiophene rings is 1. The lowest BCUT2D eigenvalue weighted by atomic mass is 10.0. The number of tetrazole rings is 1. The van der Waals surface area contributed by atoms with Gasteiger partial charge in [0.15, 0.2) is 0 Å². The number of amides is 1. The fraction of sp³-hybridized carbons (Fsp3) is 0.400. The lowest BCUT2D eigenvalue weighted by Crippen LogP contribution is -2.48. The predicted octanol–water partition coefficient (Wildman–Crippen LogP) is 0.0948. The van der Waals surface area contributed by atoms with Crippen LogP contribution in [0.15, 0.2) is 17.8 Å². The molecular formula is C10H13ClN6OS. The van der Waals surface area contributed by atoms with E-state index in [1.165, 1.54) is 22.3 Å². The molecule has 0 radical (unpaired) electrons. The normalized spacial score (nSPS) is 14.5. The van der Waals surface area contributed by atoms with Gasteiger partial charge in [0.2, 0.25) is 0 Å².